The topological polar surface area (TPSA) is 34.5 Å². The van der Waals surface area contributed by atoms with Gasteiger partial charge in [-0.15, -0.1) is 11.3 Å². The SMILES string of the molecule is CC(C)(C)c1ccc(N2B3c4cc5c(-c6ccccc6)oc(-c6ccccc6)c5cc4-n4c5cc6c(cc5c5ccc(c3c54)-c3cc4c(cc32)sc2cc(C(C)(C)C)ccc24)oc2ccccc26)cc1. The van der Waals surface area contributed by atoms with Crippen LogP contribution in [0, 0.1) is 0 Å². The lowest BCUT2D eigenvalue weighted by Crippen LogP contribution is -2.60. The second-order valence-electron chi connectivity index (χ2n) is 21.7. The molecule has 0 saturated heterocycles. The van der Waals surface area contributed by atoms with Crippen molar-refractivity contribution < 1.29 is 8.83 Å². The first kappa shape index (κ1) is 40.1. The van der Waals surface area contributed by atoms with E-state index >= 15 is 0 Å². The number of hydrogen-bond acceptors (Lipinski definition) is 4. The lowest BCUT2D eigenvalue weighted by Gasteiger charge is -2.42. The van der Waals surface area contributed by atoms with E-state index < -0.39 is 0 Å². The third-order valence-electron chi connectivity index (χ3n) is 15.5. The minimum Gasteiger partial charge on any atom is -0.456 e. The molecule has 0 radical (unpaired) electrons. The summed E-state index contributed by atoms with van der Waals surface area (Å²) in [7, 11) is 0. The van der Waals surface area contributed by atoms with Crippen molar-refractivity contribution in [3.05, 3.63) is 187 Å². The maximum atomic E-state index is 7.16. The average Bonchev–Trinajstić information content (AvgIpc) is 4.12. The summed E-state index contributed by atoms with van der Waals surface area (Å²) in [5, 5.41) is 9.45. The van der Waals surface area contributed by atoms with Gasteiger partial charge in [0.25, 0.3) is 0 Å². The van der Waals surface area contributed by atoms with Crippen molar-refractivity contribution in [2.24, 2.45) is 0 Å². The van der Waals surface area contributed by atoms with Crippen molar-refractivity contribution in [3.8, 4) is 39.5 Å². The first-order chi connectivity index (χ1) is 34.0. The Morgan fingerprint density at radius 1 is 0.443 bits per heavy atom. The van der Waals surface area contributed by atoms with Gasteiger partial charge in [0.2, 0.25) is 0 Å². The molecule has 13 aromatic rings. The molecular formula is C64H47BN2O2S. The van der Waals surface area contributed by atoms with Gasteiger partial charge in [-0.25, -0.2) is 0 Å². The summed E-state index contributed by atoms with van der Waals surface area (Å²) in [4.78, 5) is 2.67. The number of anilines is 2. The summed E-state index contributed by atoms with van der Waals surface area (Å²) in [6.07, 6.45) is 0. The van der Waals surface area contributed by atoms with Crippen molar-refractivity contribution in [1.82, 2.24) is 4.57 Å². The fraction of sp³-hybridized carbons (Fsp3) is 0.125. The summed E-state index contributed by atoms with van der Waals surface area (Å²) < 4.78 is 19.0. The molecule has 6 heterocycles. The molecule has 0 atom stereocenters. The number of benzene rings is 9. The Labute approximate surface area is 410 Å². The number of nitrogens with zero attached hydrogens (tertiary/aromatic N) is 2. The summed E-state index contributed by atoms with van der Waals surface area (Å²) in [5.74, 6) is 1.75. The summed E-state index contributed by atoms with van der Waals surface area (Å²) in [5.41, 5.74) is 17.6. The number of furan rings is 2. The molecule has 0 saturated carbocycles. The minimum absolute atomic E-state index is 0.00627. The van der Waals surface area contributed by atoms with E-state index in [9.17, 15) is 0 Å². The molecule has 2 aliphatic rings. The molecule has 0 amide bonds. The van der Waals surface area contributed by atoms with E-state index in [1.165, 1.54) is 75.3 Å². The maximum Gasteiger partial charge on any atom is 0.333 e. The summed E-state index contributed by atoms with van der Waals surface area (Å²) in [6, 6.07) is 65.6. The van der Waals surface area contributed by atoms with Crippen LogP contribution in [0.15, 0.2) is 185 Å². The standard InChI is InChI=1S/C64H47BN2O2S/c1-63(2,3)38-21-24-40(25-22-38)67-53-35-58-48(42-26-23-39(64(4,5)6)29-57(42)70-58)30-45(53)43-27-28-44-46-34-56-47(41-19-13-14-20-55(41)68-56)32-52(46)66-54-33-50-49(31-51(54)65(67)59(43)60(44)66)61(36-15-9-7-10-16-36)69-62(50)37-17-11-8-12-18-37/h7-35H,1-6H3. The Morgan fingerprint density at radius 3 is 1.83 bits per heavy atom. The third-order valence-corrected chi connectivity index (χ3v) is 16.6. The van der Waals surface area contributed by atoms with Gasteiger partial charge < -0.3 is 18.2 Å². The van der Waals surface area contributed by atoms with Crippen molar-refractivity contribution in [2.45, 2.75) is 52.4 Å². The Morgan fingerprint density at radius 2 is 1.10 bits per heavy atom. The Kier molecular flexibility index (Phi) is 7.98. The zero-order valence-electron chi connectivity index (χ0n) is 39.9. The van der Waals surface area contributed by atoms with Gasteiger partial charge in [0.1, 0.15) is 22.7 Å². The molecule has 0 N–H and O–H groups in total. The molecular weight excluding hydrogens is 872 g/mol. The van der Waals surface area contributed by atoms with Crippen LogP contribution in [0.2, 0.25) is 0 Å². The monoisotopic (exact) mass is 918 g/mol. The zero-order chi connectivity index (χ0) is 46.9. The van der Waals surface area contributed by atoms with Crippen LogP contribution >= 0.6 is 11.3 Å². The number of aromatic nitrogens is 1. The molecule has 334 valence electrons. The molecule has 0 unspecified atom stereocenters. The first-order valence-electron chi connectivity index (χ1n) is 24.5. The predicted octanol–water partition coefficient (Wildman–Crippen LogP) is 17.0. The van der Waals surface area contributed by atoms with Gasteiger partial charge in [0, 0.05) is 86.2 Å². The van der Waals surface area contributed by atoms with E-state index in [0.717, 1.165) is 72.2 Å². The fourth-order valence-electron chi connectivity index (χ4n) is 12.0. The number of para-hydroxylation sites is 1. The number of fused-ring (bicyclic) bond motifs is 15. The van der Waals surface area contributed by atoms with Crippen molar-refractivity contribution >= 4 is 115 Å². The third kappa shape index (κ3) is 5.54. The smallest absolute Gasteiger partial charge is 0.333 e. The van der Waals surface area contributed by atoms with Gasteiger partial charge in [-0.2, -0.15) is 0 Å². The minimum atomic E-state index is -0.176. The highest BCUT2D eigenvalue weighted by atomic mass is 32.1. The fourth-order valence-corrected chi connectivity index (χ4v) is 13.1. The lowest BCUT2D eigenvalue weighted by molar-refractivity contribution is 0.590. The summed E-state index contributed by atoms with van der Waals surface area (Å²) in [6.45, 7) is 13.6. The highest BCUT2D eigenvalue weighted by Crippen LogP contribution is 2.51. The Bertz CT molecular complexity index is 4370. The average molecular weight is 919 g/mol. The Hall–Kier alpha value is -7.80. The van der Waals surface area contributed by atoms with Gasteiger partial charge in [0.05, 0.1) is 11.0 Å². The highest BCUT2D eigenvalue weighted by Gasteiger charge is 2.45. The van der Waals surface area contributed by atoms with Crippen LogP contribution < -0.4 is 15.7 Å². The molecule has 70 heavy (non-hydrogen) atoms. The lowest BCUT2D eigenvalue weighted by atomic mass is 9.44. The molecule has 0 spiro atoms. The quantitative estimate of drug-likeness (QED) is 0.166. The molecule has 4 aromatic heterocycles. The van der Waals surface area contributed by atoms with Crippen molar-refractivity contribution in [2.75, 3.05) is 4.81 Å². The van der Waals surface area contributed by atoms with Crippen LogP contribution in [0.4, 0.5) is 11.4 Å². The largest absolute Gasteiger partial charge is 0.456 e. The summed E-state index contributed by atoms with van der Waals surface area (Å²) >= 11 is 1.91. The number of hydrogen-bond donors (Lipinski definition) is 0. The maximum absolute atomic E-state index is 7.16. The highest BCUT2D eigenvalue weighted by molar-refractivity contribution is 7.25. The molecule has 4 nitrogen and oxygen atoms in total. The normalized spacial score (nSPS) is 13.5. The van der Waals surface area contributed by atoms with Gasteiger partial charge in [-0.1, -0.05) is 163 Å². The second-order valence-corrected chi connectivity index (χ2v) is 22.8. The van der Waals surface area contributed by atoms with E-state index in [1.807, 2.05) is 11.3 Å². The van der Waals surface area contributed by atoms with Crippen LogP contribution in [0.1, 0.15) is 52.7 Å². The van der Waals surface area contributed by atoms with Gasteiger partial charge in [0.15, 0.2) is 0 Å². The molecule has 15 rings (SSSR count). The van der Waals surface area contributed by atoms with Crippen LogP contribution in [-0.4, -0.2) is 11.4 Å². The van der Waals surface area contributed by atoms with Crippen molar-refractivity contribution in [1.29, 1.82) is 0 Å². The van der Waals surface area contributed by atoms with E-state index in [1.54, 1.807) is 0 Å². The van der Waals surface area contributed by atoms with Crippen LogP contribution in [0.3, 0.4) is 0 Å². The second kappa shape index (κ2) is 13.9. The van der Waals surface area contributed by atoms with Crippen molar-refractivity contribution in [3.63, 3.8) is 0 Å². The molecule has 6 heteroatoms. The van der Waals surface area contributed by atoms with Crippen LogP contribution in [0.25, 0.3) is 114 Å². The van der Waals surface area contributed by atoms with Gasteiger partial charge in [-0.05, 0) is 93.0 Å². The molecule has 0 bridgehead atoms. The van der Waals surface area contributed by atoms with E-state index in [-0.39, 0.29) is 17.7 Å². The number of thiophene rings is 1. The van der Waals surface area contributed by atoms with Crippen LogP contribution in [-0.2, 0) is 10.8 Å². The molecule has 0 aliphatic carbocycles. The number of rotatable bonds is 3. The molecule has 9 aromatic carbocycles. The van der Waals surface area contributed by atoms with E-state index in [4.69, 9.17) is 8.83 Å². The van der Waals surface area contributed by atoms with Gasteiger partial charge >= 0.3 is 6.85 Å². The molecule has 2 aliphatic heterocycles. The molecule has 0 fully saturated rings. The van der Waals surface area contributed by atoms with Gasteiger partial charge in [-0.3, -0.25) is 0 Å². The Balaban J connectivity index is 1.11. The predicted molar refractivity (Wildman–Crippen MR) is 298 cm³/mol. The van der Waals surface area contributed by atoms with Crippen LogP contribution in [0.5, 0.6) is 0 Å². The van der Waals surface area contributed by atoms with E-state index in [2.05, 4.69) is 227 Å². The van der Waals surface area contributed by atoms with E-state index in [0.29, 0.717) is 0 Å². The zero-order valence-corrected chi connectivity index (χ0v) is 40.8. The first-order valence-corrected chi connectivity index (χ1v) is 25.3.